The van der Waals surface area contributed by atoms with Gasteiger partial charge in [0.05, 0.1) is 12.6 Å². The monoisotopic (exact) mass is 385 g/mol. The minimum Gasteiger partial charge on any atom is -0.497 e. The van der Waals surface area contributed by atoms with Gasteiger partial charge in [0.2, 0.25) is 0 Å². The van der Waals surface area contributed by atoms with Gasteiger partial charge in [-0.2, -0.15) is 0 Å². The first-order valence-electron chi connectivity index (χ1n) is 9.75. The van der Waals surface area contributed by atoms with Gasteiger partial charge < -0.3 is 23.7 Å². The van der Waals surface area contributed by atoms with Crippen LogP contribution in [0.4, 0.5) is 0 Å². The molecule has 0 aliphatic carbocycles. The fourth-order valence-corrected chi connectivity index (χ4v) is 3.74. The molecule has 0 saturated carbocycles. The molecule has 1 aromatic heterocycles. The van der Waals surface area contributed by atoms with Gasteiger partial charge in [-0.25, -0.2) is 9.36 Å². The third-order valence-corrected chi connectivity index (χ3v) is 5.40. The number of piperazine rings is 1. The highest BCUT2D eigenvalue weighted by Gasteiger charge is 2.24. The molecule has 0 radical (unpaired) electrons. The number of nitrogens with zero attached hydrogens (tertiary/aromatic N) is 1. The Morgan fingerprint density at radius 2 is 1.64 bits per heavy atom. The molecule has 0 spiro atoms. The summed E-state index contributed by atoms with van der Waals surface area (Å²) in [5.74, 6) is 1.44. The molecule has 1 fully saturated rings. The molecule has 7 heteroatoms. The number of aromatic nitrogens is 1. The molecule has 2 heterocycles. The minimum atomic E-state index is -0.267. The maximum Gasteiger partial charge on any atom is 0.424 e. The zero-order valence-corrected chi connectivity index (χ0v) is 16.1. The number of quaternary nitrogens is 2. The summed E-state index contributed by atoms with van der Waals surface area (Å²) >= 11 is 0. The fraction of sp³-hybridized carbons (Fsp3) is 0.381. The quantitative estimate of drug-likeness (QED) is 0.572. The molecule has 0 unspecified atom stereocenters. The van der Waals surface area contributed by atoms with Crippen LogP contribution >= 0.6 is 0 Å². The van der Waals surface area contributed by atoms with Crippen LogP contribution in [0.1, 0.15) is 0 Å². The summed E-state index contributed by atoms with van der Waals surface area (Å²) in [7, 11) is 1.66. The van der Waals surface area contributed by atoms with E-state index in [2.05, 4.69) is 0 Å². The number of hydrogen-bond donors (Lipinski definition) is 2. The Balaban J connectivity index is 1.24. The van der Waals surface area contributed by atoms with Gasteiger partial charge >= 0.3 is 5.76 Å². The number of rotatable bonds is 7. The molecule has 3 aromatic rings. The van der Waals surface area contributed by atoms with Crippen molar-refractivity contribution in [2.45, 2.75) is 6.67 Å². The number of benzene rings is 2. The number of hydrogen-bond acceptors (Lipinski definition) is 4. The van der Waals surface area contributed by atoms with Gasteiger partial charge in [0.1, 0.15) is 50.8 Å². The van der Waals surface area contributed by atoms with E-state index in [1.807, 2.05) is 48.5 Å². The lowest BCUT2D eigenvalue weighted by Gasteiger charge is -2.29. The van der Waals surface area contributed by atoms with Crippen LogP contribution in [0.3, 0.4) is 0 Å². The molecule has 28 heavy (non-hydrogen) atoms. The highest BCUT2D eigenvalue weighted by molar-refractivity contribution is 5.72. The van der Waals surface area contributed by atoms with Crippen molar-refractivity contribution in [1.82, 2.24) is 4.57 Å². The third-order valence-electron chi connectivity index (χ3n) is 5.40. The van der Waals surface area contributed by atoms with Crippen molar-refractivity contribution in [3.8, 4) is 11.5 Å². The van der Waals surface area contributed by atoms with E-state index in [1.165, 1.54) is 4.90 Å². The van der Waals surface area contributed by atoms with Gasteiger partial charge in [0.15, 0.2) is 12.3 Å². The van der Waals surface area contributed by atoms with E-state index >= 15 is 0 Å². The molecule has 7 nitrogen and oxygen atoms in total. The zero-order chi connectivity index (χ0) is 19.3. The number of nitrogens with one attached hydrogen (secondary N) is 2. The number of oxazole rings is 1. The minimum absolute atomic E-state index is 0.267. The van der Waals surface area contributed by atoms with E-state index in [0.717, 1.165) is 49.7 Å². The van der Waals surface area contributed by atoms with Crippen LogP contribution in [-0.4, -0.2) is 51.0 Å². The van der Waals surface area contributed by atoms with E-state index in [0.29, 0.717) is 18.9 Å². The molecule has 2 N–H and O–H groups in total. The Morgan fingerprint density at radius 3 is 2.39 bits per heavy atom. The summed E-state index contributed by atoms with van der Waals surface area (Å²) in [5.41, 5.74) is 1.54. The summed E-state index contributed by atoms with van der Waals surface area (Å²) in [4.78, 5) is 15.1. The van der Waals surface area contributed by atoms with E-state index in [-0.39, 0.29) is 5.76 Å². The molecule has 4 rings (SSSR count). The van der Waals surface area contributed by atoms with Crippen LogP contribution in [0.15, 0.2) is 57.7 Å². The smallest absolute Gasteiger partial charge is 0.424 e. The third kappa shape index (κ3) is 4.21. The van der Waals surface area contributed by atoms with Crippen LogP contribution in [0.5, 0.6) is 11.5 Å². The van der Waals surface area contributed by atoms with E-state index in [1.54, 1.807) is 16.6 Å². The number of fused-ring (bicyclic) bond motifs is 1. The van der Waals surface area contributed by atoms with Gasteiger partial charge in [-0.15, -0.1) is 0 Å². The standard InChI is InChI=1S/C21H25N3O4/c1-26-17-6-8-18(9-7-17)27-15-14-22-10-12-23(13-11-22)16-24-19-4-2-3-5-20(19)28-21(24)25/h2-9H,10-16H2,1H3/p+2. The lowest BCUT2D eigenvalue weighted by Crippen LogP contribution is -3.28. The molecule has 2 aromatic carbocycles. The fourth-order valence-electron chi connectivity index (χ4n) is 3.74. The maximum absolute atomic E-state index is 12.1. The van der Waals surface area contributed by atoms with E-state index < -0.39 is 0 Å². The first-order chi connectivity index (χ1) is 13.7. The van der Waals surface area contributed by atoms with Crippen LogP contribution < -0.4 is 25.0 Å². The van der Waals surface area contributed by atoms with Crippen molar-refractivity contribution in [2.75, 3.05) is 46.4 Å². The molecular weight excluding hydrogens is 358 g/mol. The van der Waals surface area contributed by atoms with Crippen molar-refractivity contribution < 1.29 is 23.7 Å². The number of ether oxygens (including phenoxy) is 2. The summed E-state index contributed by atoms with van der Waals surface area (Å²) in [6.45, 7) is 6.55. The Labute approximate surface area is 163 Å². The van der Waals surface area contributed by atoms with Gasteiger partial charge in [-0.05, 0) is 36.4 Å². The molecule has 148 valence electrons. The van der Waals surface area contributed by atoms with Gasteiger partial charge in [-0.1, -0.05) is 12.1 Å². The van der Waals surface area contributed by atoms with E-state index in [4.69, 9.17) is 13.9 Å². The average Bonchev–Trinajstić information content (AvgIpc) is 3.05. The molecule has 0 amide bonds. The predicted molar refractivity (Wildman–Crippen MR) is 105 cm³/mol. The van der Waals surface area contributed by atoms with Crippen molar-refractivity contribution in [3.05, 3.63) is 59.1 Å². The van der Waals surface area contributed by atoms with Crippen molar-refractivity contribution in [2.24, 2.45) is 0 Å². The average molecular weight is 385 g/mol. The lowest BCUT2D eigenvalue weighted by atomic mass is 10.3. The van der Waals surface area contributed by atoms with Crippen LogP contribution in [0, 0.1) is 0 Å². The Morgan fingerprint density at radius 1 is 0.964 bits per heavy atom. The topological polar surface area (TPSA) is 62.5 Å². The molecule has 0 atom stereocenters. The van der Waals surface area contributed by atoms with Crippen molar-refractivity contribution in [3.63, 3.8) is 0 Å². The lowest BCUT2D eigenvalue weighted by molar-refractivity contribution is -1.02. The predicted octanol–water partition coefficient (Wildman–Crippen LogP) is -0.577. The maximum atomic E-state index is 12.1. The van der Waals surface area contributed by atoms with Crippen LogP contribution in [0.25, 0.3) is 11.1 Å². The van der Waals surface area contributed by atoms with Crippen molar-refractivity contribution >= 4 is 11.1 Å². The summed E-state index contributed by atoms with van der Waals surface area (Å²) in [6.07, 6.45) is 0. The first-order valence-corrected chi connectivity index (χ1v) is 9.75. The highest BCUT2D eigenvalue weighted by atomic mass is 16.5. The summed E-state index contributed by atoms with van der Waals surface area (Å²) in [6, 6.07) is 15.3. The second-order valence-corrected chi connectivity index (χ2v) is 7.20. The Kier molecular flexibility index (Phi) is 5.64. The Bertz CT molecular complexity index is 956. The van der Waals surface area contributed by atoms with Gasteiger partial charge in [0.25, 0.3) is 0 Å². The number of para-hydroxylation sites is 2. The molecule has 1 aliphatic heterocycles. The highest BCUT2D eigenvalue weighted by Crippen LogP contribution is 2.16. The molecule has 0 bridgehead atoms. The normalized spacial score (nSPS) is 19.6. The second kappa shape index (κ2) is 8.50. The second-order valence-electron chi connectivity index (χ2n) is 7.20. The zero-order valence-electron chi connectivity index (χ0n) is 16.1. The Hall–Kier alpha value is -2.77. The summed E-state index contributed by atoms with van der Waals surface area (Å²) in [5, 5.41) is 0. The largest absolute Gasteiger partial charge is 0.497 e. The van der Waals surface area contributed by atoms with Crippen LogP contribution in [0.2, 0.25) is 0 Å². The summed E-state index contributed by atoms with van der Waals surface area (Å²) < 4.78 is 18.1. The first kappa shape index (κ1) is 18.6. The van der Waals surface area contributed by atoms with Gasteiger partial charge in [0, 0.05) is 0 Å². The van der Waals surface area contributed by atoms with Crippen molar-refractivity contribution in [1.29, 1.82) is 0 Å². The molecule has 1 aliphatic rings. The molecule has 1 saturated heterocycles. The van der Waals surface area contributed by atoms with Crippen LogP contribution in [-0.2, 0) is 6.67 Å². The number of methoxy groups -OCH3 is 1. The van der Waals surface area contributed by atoms with E-state index in [9.17, 15) is 4.79 Å². The SMILES string of the molecule is COc1ccc(OCC[NH+]2CC[NH+](Cn3c(=O)oc4ccccc43)CC2)cc1. The van der Waals surface area contributed by atoms with Gasteiger partial charge in [-0.3, -0.25) is 0 Å². The molecular formula is C21H27N3O4+2.